The van der Waals surface area contributed by atoms with E-state index >= 15 is 0 Å². The second-order valence-electron chi connectivity index (χ2n) is 5.87. The number of aryl methyl sites for hydroxylation is 1. The van der Waals surface area contributed by atoms with E-state index in [-0.39, 0.29) is 5.75 Å². The Kier molecular flexibility index (Phi) is 4.78. The SMILES string of the molecule is CCCc1cccc2c1N(CCCS(=O)(=O)O)c1ccccc1O2. The van der Waals surface area contributed by atoms with Crippen LogP contribution in [0.1, 0.15) is 25.3 Å². The number of anilines is 2. The summed E-state index contributed by atoms with van der Waals surface area (Å²) in [7, 11) is -3.96. The Morgan fingerprint density at radius 3 is 2.58 bits per heavy atom. The van der Waals surface area contributed by atoms with E-state index in [4.69, 9.17) is 9.29 Å². The molecule has 0 amide bonds. The highest BCUT2D eigenvalue weighted by molar-refractivity contribution is 7.85. The number of benzene rings is 2. The van der Waals surface area contributed by atoms with Crippen LogP contribution in [0.3, 0.4) is 0 Å². The zero-order valence-electron chi connectivity index (χ0n) is 13.6. The van der Waals surface area contributed by atoms with Gasteiger partial charge in [0.25, 0.3) is 10.1 Å². The molecule has 0 aromatic heterocycles. The lowest BCUT2D eigenvalue weighted by Gasteiger charge is -2.34. The minimum atomic E-state index is -3.96. The van der Waals surface area contributed by atoms with Gasteiger partial charge in [-0.2, -0.15) is 8.42 Å². The molecule has 1 aliphatic heterocycles. The Labute approximate surface area is 142 Å². The molecule has 3 rings (SSSR count). The van der Waals surface area contributed by atoms with Crippen molar-refractivity contribution < 1.29 is 17.7 Å². The van der Waals surface area contributed by atoms with Gasteiger partial charge in [0.15, 0.2) is 11.5 Å². The predicted octanol–water partition coefficient (Wildman–Crippen LogP) is 4.16. The molecule has 0 aliphatic carbocycles. The molecule has 0 fully saturated rings. The fraction of sp³-hybridized carbons (Fsp3) is 0.333. The number of hydrogen-bond acceptors (Lipinski definition) is 4. The van der Waals surface area contributed by atoms with Crippen LogP contribution in [0.25, 0.3) is 0 Å². The molecule has 0 bridgehead atoms. The lowest BCUT2D eigenvalue weighted by atomic mass is 10.0. The van der Waals surface area contributed by atoms with Crippen molar-refractivity contribution in [2.75, 3.05) is 17.2 Å². The lowest BCUT2D eigenvalue weighted by molar-refractivity contribution is 0.470. The van der Waals surface area contributed by atoms with Crippen molar-refractivity contribution in [3.05, 3.63) is 48.0 Å². The average Bonchev–Trinajstić information content (AvgIpc) is 2.53. The van der Waals surface area contributed by atoms with Crippen LogP contribution in [0.4, 0.5) is 11.4 Å². The third-order valence-corrected chi connectivity index (χ3v) is 4.84. The largest absolute Gasteiger partial charge is 0.453 e. The fourth-order valence-electron chi connectivity index (χ4n) is 3.07. The monoisotopic (exact) mass is 347 g/mol. The average molecular weight is 347 g/mol. The van der Waals surface area contributed by atoms with E-state index in [0.717, 1.165) is 35.7 Å². The summed E-state index contributed by atoms with van der Waals surface area (Å²) in [5.74, 6) is 1.29. The van der Waals surface area contributed by atoms with E-state index < -0.39 is 10.1 Å². The second kappa shape index (κ2) is 6.83. The van der Waals surface area contributed by atoms with Crippen molar-refractivity contribution in [3.8, 4) is 11.5 Å². The first-order valence-corrected chi connectivity index (χ1v) is 9.72. The van der Waals surface area contributed by atoms with Crippen LogP contribution in [0, 0.1) is 0 Å². The Morgan fingerprint density at radius 2 is 1.83 bits per heavy atom. The third kappa shape index (κ3) is 3.55. The minimum absolute atomic E-state index is 0.252. The molecule has 2 aromatic rings. The summed E-state index contributed by atoms with van der Waals surface area (Å²) in [5.41, 5.74) is 3.09. The first kappa shape index (κ1) is 16.8. The highest BCUT2D eigenvalue weighted by atomic mass is 32.2. The number of rotatable bonds is 6. The molecule has 24 heavy (non-hydrogen) atoms. The molecule has 1 heterocycles. The first-order chi connectivity index (χ1) is 11.5. The molecule has 128 valence electrons. The third-order valence-electron chi connectivity index (χ3n) is 4.03. The number of para-hydroxylation sites is 3. The molecular formula is C18H21NO4S. The van der Waals surface area contributed by atoms with Crippen molar-refractivity contribution in [2.45, 2.75) is 26.2 Å². The van der Waals surface area contributed by atoms with Crippen molar-refractivity contribution in [1.29, 1.82) is 0 Å². The highest BCUT2D eigenvalue weighted by Gasteiger charge is 2.26. The van der Waals surface area contributed by atoms with Crippen molar-refractivity contribution >= 4 is 21.5 Å². The molecule has 2 aromatic carbocycles. The van der Waals surface area contributed by atoms with Gasteiger partial charge in [0.05, 0.1) is 17.1 Å². The summed E-state index contributed by atoms with van der Waals surface area (Å²) in [5, 5.41) is 0. The first-order valence-electron chi connectivity index (χ1n) is 8.11. The van der Waals surface area contributed by atoms with E-state index in [0.29, 0.717) is 13.0 Å². The minimum Gasteiger partial charge on any atom is -0.453 e. The zero-order chi connectivity index (χ0) is 17.2. The van der Waals surface area contributed by atoms with Gasteiger partial charge in [0, 0.05) is 6.54 Å². The van der Waals surface area contributed by atoms with Crippen LogP contribution in [0.15, 0.2) is 42.5 Å². The van der Waals surface area contributed by atoms with E-state index in [9.17, 15) is 8.42 Å². The van der Waals surface area contributed by atoms with Gasteiger partial charge in [-0.05, 0) is 36.6 Å². The smallest absolute Gasteiger partial charge is 0.264 e. The summed E-state index contributed by atoms with van der Waals surface area (Å²) in [6, 6.07) is 13.7. The fourth-order valence-corrected chi connectivity index (χ4v) is 3.56. The van der Waals surface area contributed by atoms with Gasteiger partial charge < -0.3 is 9.64 Å². The van der Waals surface area contributed by atoms with Gasteiger partial charge in [-0.1, -0.05) is 37.6 Å². The molecule has 0 radical (unpaired) electrons. The van der Waals surface area contributed by atoms with Gasteiger partial charge >= 0.3 is 0 Å². The second-order valence-corrected chi connectivity index (χ2v) is 7.45. The Morgan fingerprint density at radius 1 is 1.08 bits per heavy atom. The Hall–Kier alpha value is -2.05. The molecule has 6 heteroatoms. The van der Waals surface area contributed by atoms with Gasteiger partial charge in [0.2, 0.25) is 0 Å². The normalized spacial score (nSPS) is 13.2. The predicted molar refractivity (Wildman–Crippen MR) is 95.0 cm³/mol. The van der Waals surface area contributed by atoms with Crippen molar-refractivity contribution in [3.63, 3.8) is 0 Å². The number of nitrogens with zero attached hydrogens (tertiary/aromatic N) is 1. The Bertz CT molecular complexity index is 833. The maximum atomic E-state index is 11.0. The highest BCUT2D eigenvalue weighted by Crippen LogP contribution is 2.48. The molecule has 0 spiro atoms. The molecule has 0 atom stereocenters. The molecular weight excluding hydrogens is 326 g/mol. The van der Waals surface area contributed by atoms with E-state index in [2.05, 4.69) is 17.9 Å². The molecule has 5 nitrogen and oxygen atoms in total. The van der Waals surface area contributed by atoms with Crippen molar-refractivity contribution in [2.24, 2.45) is 0 Å². The Balaban J connectivity index is 1.99. The van der Waals surface area contributed by atoms with Crippen molar-refractivity contribution in [1.82, 2.24) is 0 Å². The lowest BCUT2D eigenvalue weighted by Crippen LogP contribution is -2.25. The van der Waals surface area contributed by atoms with E-state index in [1.807, 2.05) is 36.4 Å². The van der Waals surface area contributed by atoms with Crippen LogP contribution >= 0.6 is 0 Å². The van der Waals surface area contributed by atoms with Gasteiger partial charge in [0.1, 0.15) is 0 Å². The summed E-state index contributed by atoms with van der Waals surface area (Å²) < 4.78 is 37.1. The molecule has 0 saturated carbocycles. The van der Waals surface area contributed by atoms with Crippen LogP contribution in [-0.2, 0) is 16.5 Å². The van der Waals surface area contributed by atoms with Gasteiger partial charge in [-0.25, -0.2) is 0 Å². The molecule has 1 N–H and O–H groups in total. The quantitative estimate of drug-likeness (QED) is 0.795. The van der Waals surface area contributed by atoms with E-state index in [1.54, 1.807) is 0 Å². The van der Waals surface area contributed by atoms with Crippen LogP contribution < -0.4 is 9.64 Å². The number of ether oxygens (including phenoxy) is 1. The summed E-state index contributed by atoms with van der Waals surface area (Å²) in [6.45, 7) is 2.62. The van der Waals surface area contributed by atoms with Crippen LogP contribution in [0.5, 0.6) is 11.5 Å². The standard InChI is InChI=1S/C18H21NO4S/c1-2-7-14-8-5-11-17-18(14)19(12-6-13-24(20,21)22)15-9-3-4-10-16(15)23-17/h3-5,8-11H,2,6-7,12-13H2,1H3,(H,20,21,22). The molecule has 0 saturated heterocycles. The maximum Gasteiger partial charge on any atom is 0.264 e. The topological polar surface area (TPSA) is 66.8 Å². The van der Waals surface area contributed by atoms with Crippen LogP contribution in [-0.4, -0.2) is 25.3 Å². The van der Waals surface area contributed by atoms with E-state index in [1.165, 1.54) is 5.56 Å². The number of fused-ring (bicyclic) bond motifs is 2. The summed E-state index contributed by atoms with van der Waals surface area (Å²) in [6.07, 6.45) is 2.27. The summed E-state index contributed by atoms with van der Waals surface area (Å²) in [4.78, 5) is 2.10. The van der Waals surface area contributed by atoms with Crippen LogP contribution in [0.2, 0.25) is 0 Å². The molecule has 0 unspecified atom stereocenters. The summed E-state index contributed by atoms with van der Waals surface area (Å²) >= 11 is 0. The number of hydrogen-bond donors (Lipinski definition) is 1. The maximum absolute atomic E-state index is 11.0. The van der Waals surface area contributed by atoms with Gasteiger partial charge in [-0.3, -0.25) is 4.55 Å². The van der Waals surface area contributed by atoms with Gasteiger partial charge in [-0.15, -0.1) is 0 Å². The zero-order valence-corrected chi connectivity index (χ0v) is 14.4. The molecule has 1 aliphatic rings.